The maximum absolute atomic E-state index is 11.4. The molecule has 0 aromatic carbocycles. The molecular formula is C13H27O6P. The van der Waals surface area contributed by atoms with Crippen LogP contribution in [0.15, 0.2) is 12.2 Å². The molecule has 0 aromatic heterocycles. The van der Waals surface area contributed by atoms with E-state index in [1.54, 1.807) is 6.92 Å². The van der Waals surface area contributed by atoms with Crippen LogP contribution in [-0.4, -0.2) is 24.9 Å². The van der Waals surface area contributed by atoms with Crippen molar-refractivity contribution >= 4 is 8.17 Å². The van der Waals surface area contributed by atoms with E-state index >= 15 is 0 Å². The summed E-state index contributed by atoms with van der Waals surface area (Å²) >= 11 is 0. The second-order valence-electron chi connectivity index (χ2n) is 4.89. The van der Waals surface area contributed by atoms with Crippen LogP contribution < -0.4 is 5.11 Å². The summed E-state index contributed by atoms with van der Waals surface area (Å²) in [6, 6.07) is 0. The van der Waals surface area contributed by atoms with Crippen LogP contribution in [0.4, 0.5) is 0 Å². The summed E-state index contributed by atoms with van der Waals surface area (Å²) in [6.45, 7) is 13.0. The SMILES string of the molecule is CCO/C([O-])=C/O[P+](OC(C)C)(OC(C)C)OC(C)C. The molecule has 0 fully saturated rings. The Bertz CT molecular complexity index is 264. The van der Waals surface area contributed by atoms with Crippen molar-refractivity contribution in [2.45, 2.75) is 66.8 Å². The normalized spacial score (nSPS) is 13.4. The first kappa shape index (κ1) is 19.4. The molecular weight excluding hydrogens is 283 g/mol. The van der Waals surface area contributed by atoms with Gasteiger partial charge in [0.25, 0.3) is 0 Å². The largest absolute Gasteiger partial charge is 0.621 e. The second kappa shape index (κ2) is 9.40. The molecule has 0 amide bonds. The fourth-order valence-electron chi connectivity index (χ4n) is 1.21. The topological polar surface area (TPSA) is 69.2 Å². The van der Waals surface area contributed by atoms with Crippen LogP contribution in [0.2, 0.25) is 0 Å². The van der Waals surface area contributed by atoms with Crippen LogP contribution in [0.1, 0.15) is 48.5 Å². The lowest BCUT2D eigenvalue weighted by Gasteiger charge is -2.24. The average Bonchev–Trinajstić information content (AvgIpc) is 2.23. The van der Waals surface area contributed by atoms with E-state index < -0.39 is 14.1 Å². The fraction of sp³-hybridized carbons (Fsp3) is 0.846. The predicted molar refractivity (Wildman–Crippen MR) is 76.4 cm³/mol. The number of ether oxygens (including phenoxy) is 1. The Balaban J connectivity index is 5.08. The third-order valence-corrected chi connectivity index (χ3v) is 3.99. The molecule has 6 nitrogen and oxygen atoms in total. The summed E-state index contributed by atoms with van der Waals surface area (Å²) in [6.07, 6.45) is 0.439. The molecule has 0 bridgehead atoms. The van der Waals surface area contributed by atoms with Crippen LogP contribution in [-0.2, 0) is 22.8 Å². The van der Waals surface area contributed by atoms with Gasteiger partial charge in [-0.2, -0.15) is 0 Å². The Morgan fingerprint density at radius 3 is 1.65 bits per heavy atom. The molecule has 0 rings (SSSR count). The van der Waals surface area contributed by atoms with Crippen molar-refractivity contribution in [2.24, 2.45) is 0 Å². The van der Waals surface area contributed by atoms with Gasteiger partial charge in [0.2, 0.25) is 0 Å². The Kier molecular flexibility index (Phi) is 9.14. The molecule has 0 atom stereocenters. The average molecular weight is 310 g/mol. The molecule has 0 aromatic rings. The Labute approximate surface area is 122 Å². The van der Waals surface area contributed by atoms with Gasteiger partial charge in [0, 0.05) is 0 Å². The first-order chi connectivity index (χ1) is 9.20. The highest BCUT2D eigenvalue weighted by Gasteiger charge is 2.53. The zero-order valence-electron chi connectivity index (χ0n) is 13.4. The van der Waals surface area contributed by atoms with Crippen LogP contribution in [0.5, 0.6) is 0 Å². The molecule has 0 saturated heterocycles. The quantitative estimate of drug-likeness (QED) is 0.456. The summed E-state index contributed by atoms with van der Waals surface area (Å²) in [5.41, 5.74) is 0. The van der Waals surface area contributed by atoms with E-state index in [9.17, 15) is 5.11 Å². The Hall–Kier alpha value is -0.550. The molecule has 7 heteroatoms. The van der Waals surface area contributed by atoms with E-state index in [-0.39, 0.29) is 24.9 Å². The lowest BCUT2D eigenvalue weighted by atomic mass is 10.5. The predicted octanol–water partition coefficient (Wildman–Crippen LogP) is 3.15. The summed E-state index contributed by atoms with van der Waals surface area (Å²) < 4.78 is 27.3. The van der Waals surface area contributed by atoms with Crippen molar-refractivity contribution in [3.05, 3.63) is 12.2 Å². The number of rotatable bonds is 10. The lowest BCUT2D eigenvalue weighted by Crippen LogP contribution is -2.20. The van der Waals surface area contributed by atoms with Gasteiger partial charge in [-0.15, -0.1) is 13.6 Å². The molecule has 0 aliphatic rings. The molecule has 20 heavy (non-hydrogen) atoms. The maximum atomic E-state index is 11.4. The maximum Gasteiger partial charge on any atom is 0.621 e. The van der Waals surface area contributed by atoms with E-state index in [1.165, 1.54) is 0 Å². The third kappa shape index (κ3) is 8.59. The van der Waals surface area contributed by atoms with Crippen LogP contribution in [0.3, 0.4) is 0 Å². The first-order valence-electron chi connectivity index (χ1n) is 6.83. The highest BCUT2D eigenvalue weighted by Crippen LogP contribution is 2.65. The minimum absolute atomic E-state index is 0.170. The van der Waals surface area contributed by atoms with E-state index in [0.29, 0.717) is 0 Å². The fourth-order valence-corrected chi connectivity index (χ4v) is 3.27. The summed E-state index contributed by atoms with van der Waals surface area (Å²) in [5, 5.41) is 11.4. The van der Waals surface area contributed by atoms with Gasteiger partial charge in [0.1, 0.15) is 18.3 Å². The van der Waals surface area contributed by atoms with Gasteiger partial charge in [-0.05, 0) is 48.1 Å². The van der Waals surface area contributed by atoms with E-state index in [1.807, 2.05) is 41.5 Å². The molecule has 0 saturated carbocycles. The van der Waals surface area contributed by atoms with Crippen molar-refractivity contribution in [1.29, 1.82) is 0 Å². The standard InChI is InChI=1S/C13H27O6P/c1-8-15-13(14)9-16-20(17-10(2)3,18-11(4)5)19-12(6)7/h9-12H,8H2,1-7H3/b13-9+. The highest BCUT2D eigenvalue weighted by atomic mass is 31.2. The molecule has 0 radical (unpaired) electrons. The van der Waals surface area contributed by atoms with Gasteiger partial charge >= 0.3 is 8.17 Å². The first-order valence-corrected chi connectivity index (χ1v) is 8.29. The molecule has 120 valence electrons. The Morgan fingerprint density at radius 1 is 0.950 bits per heavy atom. The van der Waals surface area contributed by atoms with Crippen LogP contribution in [0.25, 0.3) is 0 Å². The molecule has 0 aliphatic heterocycles. The molecule has 0 unspecified atom stereocenters. The zero-order chi connectivity index (χ0) is 15.8. The molecule has 0 heterocycles. The summed E-state index contributed by atoms with van der Waals surface area (Å²) in [7, 11) is -3.10. The molecule has 0 N–H and O–H groups in total. The van der Waals surface area contributed by atoms with Gasteiger partial charge in [-0.1, -0.05) is 6.92 Å². The second-order valence-corrected chi connectivity index (χ2v) is 6.62. The number of hydrogen-bond acceptors (Lipinski definition) is 6. The minimum Gasteiger partial charge on any atom is -0.611 e. The van der Waals surface area contributed by atoms with Crippen molar-refractivity contribution in [2.75, 3.05) is 6.61 Å². The van der Waals surface area contributed by atoms with Crippen molar-refractivity contribution in [3.8, 4) is 0 Å². The summed E-state index contributed by atoms with van der Waals surface area (Å²) in [5.74, 6) is -0.594. The lowest BCUT2D eigenvalue weighted by molar-refractivity contribution is -0.359. The minimum atomic E-state index is -3.10. The van der Waals surface area contributed by atoms with Gasteiger partial charge in [-0.25, -0.2) is 0 Å². The van der Waals surface area contributed by atoms with Crippen molar-refractivity contribution in [1.82, 2.24) is 0 Å². The van der Waals surface area contributed by atoms with Crippen molar-refractivity contribution in [3.63, 3.8) is 0 Å². The monoisotopic (exact) mass is 310 g/mol. The van der Waals surface area contributed by atoms with E-state index in [2.05, 4.69) is 0 Å². The number of hydrogen-bond donors (Lipinski definition) is 0. The Morgan fingerprint density at radius 2 is 1.35 bits per heavy atom. The third-order valence-electron chi connectivity index (χ3n) is 1.58. The van der Waals surface area contributed by atoms with Crippen LogP contribution in [0, 0.1) is 0 Å². The smallest absolute Gasteiger partial charge is 0.611 e. The summed E-state index contributed by atoms with van der Waals surface area (Å²) in [4.78, 5) is 0. The molecule has 0 spiro atoms. The van der Waals surface area contributed by atoms with Gasteiger partial charge in [0.05, 0.1) is 5.95 Å². The van der Waals surface area contributed by atoms with Gasteiger partial charge in [-0.3, -0.25) is 4.52 Å². The molecule has 0 aliphatic carbocycles. The highest BCUT2D eigenvalue weighted by molar-refractivity contribution is 7.56. The van der Waals surface area contributed by atoms with E-state index in [0.717, 1.165) is 6.26 Å². The van der Waals surface area contributed by atoms with Crippen LogP contribution >= 0.6 is 8.17 Å². The zero-order valence-corrected chi connectivity index (χ0v) is 14.3. The van der Waals surface area contributed by atoms with Gasteiger partial charge < -0.3 is 9.84 Å². The van der Waals surface area contributed by atoms with E-state index in [4.69, 9.17) is 22.8 Å². The van der Waals surface area contributed by atoms with Crippen molar-refractivity contribution < 1.29 is 27.9 Å². The van der Waals surface area contributed by atoms with Gasteiger partial charge in [0.15, 0.2) is 6.26 Å².